The van der Waals surface area contributed by atoms with E-state index in [1.165, 1.54) is 6.92 Å². The van der Waals surface area contributed by atoms with Crippen molar-refractivity contribution in [1.29, 1.82) is 0 Å². The minimum Gasteiger partial charge on any atom is -0.497 e. The molecule has 0 spiro atoms. The van der Waals surface area contributed by atoms with Crippen molar-refractivity contribution in [1.82, 2.24) is 0 Å². The van der Waals surface area contributed by atoms with Crippen LogP contribution in [-0.4, -0.2) is 25.7 Å². The molecule has 0 heterocycles. The van der Waals surface area contributed by atoms with Crippen molar-refractivity contribution < 1.29 is 23.8 Å². The van der Waals surface area contributed by atoms with Crippen LogP contribution in [0.3, 0.4) is 0 Å². The molecule has 0 aliphatic carbocycles. The van der Waals surface area contributed by atoms with Gasteiger partial charge >= 0.3 is 11.9 Å². The highest BCUT2D eigenvalue weighted by molar-refractivity contribution is 5.90. The summed E-state index contributed by atoms with van der Waals surface area (Å²) in [5, 5.41) is 0. The van der Waals surface area contributed by atoms with Gasteiger partial charge in [0, 0.05) is 13.3 Å². The zero-order valence-corrected chi connectivity index (χ0v) is 16.4. The lowest BCUT2D eigenvalue weighted by Crippen LogP contribution is -2.08. The molecule has 0 bridgehead atoms. The Labute approximate surface area is 169 Å². The van der Waals surface area contributed by atoms with Gasteiger partial charge < -0.3 is 14.2 Å². The fourth-order valence-corrected chi connectivity index (χ4v) is 2.82. The number of carbonyl (C=O) groups is 2. The third-order valence-electron chi connectivity index (χ3n) is 4.35. The lowest BCUT2D eigenvalue weighted by molar-refractivity contribution is -0.131. The van der Waals surface area contributed by atoms with E-state index in [2.05, 4.69) is 0 Å². The van der Waals surface area contributed by atoms with Crippen LogP contribution >= 0.6 is 0 Å². The third kappa shape index (κ3) is 5.69. The van der Waals surface area contributed by atoms with Gasteiger partial charge in [-0.15, -0.1) is 0 Å². The Morgan fingerprint density at radius 3 is 1.86 bits per heavy atom. The molecule has 0 unspecified atom stereocenters. The predicted molar refractivity (Wildman–Crippen MR) is 110 cm³/mol. The van der Waals surface area contributed by atoms with Crippen LogP contribution in [0.1, 0.15) is 22.8 Å². The van der Waals surface area contributed by atoms with Crippen LogP contribution in [0.15, 0.2) is 72.8 Å². The standard InChI is InChI=1S/C24H22O5/c1-17(25)29-23-13-9-20(10-14-23)19-5-7-21(8-6-19)24(26)28-16-15-18-3-11-22(27-2)12-4-18/h3-14H,15-16H2,1-2H3. The van der Waals surface area contributed by atoms with Crippen molar-refractivity contribution in [2.24, 2.45) is 0 Å². The van der Waals surface area contributed by atoms with Crippen LogP contribution < -0.4 is 9.47 Å². The smallest absolute Gasteiger partial charge is 0.338 e. The summed E-state index contributed by atoms with van der Waals surface area (Å²) in [7, 11) is 1.63. The van der Waals surface area contributed by atoms with E-state index in [-0.39, 0.29) is 11.9 Å². The molecule has 0 aliphatic heterocycles. The van der Waals surface area contributed by atoms with Crippen LogP contribution in [0.25, 0.3) is 11.1 Å². The van der Waals surface area contributed by atoms with Gasteiger partial charge in [0.1, 0.15) is 11.5 Å². The molecule has 0 amide bonds. The van der Waals surface area contributed by atoms with E-state index in [0.29, 0.717) is 24.3 Å². The molecule has 29 heavy (non-hydrogen) atoms. The Bertz CT molecular complexity index is 958. The minimum absolute atomic E-state index is 0.310. The molecule has 148 valence electrons. The summed E-state index contributed by atoms with van der Waals surface area (Å²) in [6.07, 6.45) is 0.641. The molecular formula is C24H22O5. The summed E-state index contributed by atoms with van der Waals surface area (Å²) >= 11 is 0. The average Bonchev–Trinajstić information content (AvgIpc) is 2.74. The van der Waals surface area contributed by atoms with Crippen LogP contribution in [-0.2, 0) is 16.0 Å². The second kappa shape index (κ2) is 9.55. The highest BCUT2D eigenvalue weighted by Gasteiger charge is 2.08. The molecule has 0 radical (unpaired) electrons. The number of esters is 2. The third-order valence-corrected chi connectivity index (χ3v) is 4.35. The van der Waals surface area contributed by atoms with Crippen LogP contribution in [0.5, 0.6) is 11.5 Å². The first-order valence-electron chi connectivity index (χ1n) is 9.24. The molecule has 0 aliphatic rings. The molecule has 0 N–H and O–H groups in total. The quantitative estimate of drug-likeness (QED) is 0.433. The van der Waals surface area contributed by atoms with Crippen LogP contribution in [0.2, 0.25) is 0 Å². The number of methoxy groups -OCH3 is 1. The van der Waals surface area contributed by atoms with Gasteiger partial charge in [-0.2, -0.15) is 0 Å². The van der Waals surface area contributed by atoms with Gasteiger partial charge in [0.15, 0.2) is 0 Å². The lowest BCUT2D eigenvalue weighted by Gasteiger charge is -2.07. The van der Waals surface area contributed by atoms with Crippen LogP contribution in [0.4, 0.5) is 0 Å². The molecule has 5 nitrogen and oxygen atoms in total. The summed E-state index contributed by atoms with van der Waals surface area (Å²) in [6.45, 7) is 1.67. The maximum Gasteiger partial charge on any atom is 0.338 e. The first-order chi connectivity index (χ1) is 14.0. The monoisotopic (exact) mass is 390 g/mol. The van der Waals surface area contributed by atoms with Gasteiger partial charge in [0.25, 0.3) is 0 Å². The summed E-state index contributed by atoms with van der Waals surface area (Å²) in [4.78, 5) is 23.2. The van der Waals surface area contributed by atoms with Gasteiger partial charge in [0.2, 0.25) is 0 Å². The number of rotatable bonds is 7. The molecule has 0 saturated heterocycles. The Hall–Kier alpha value is -3.60. The zero-order chi connectivity index (χ0) is 20.6. The predicted octanol–water partition coefficient (Wildman–Crippen LogP) is 4.69. The molecule has 0 saturated carbocycles. The van der Waals surface area contributed by atoms with Gasteiger partial charge in [-0.1, -0.05) is 36.4 Å². The second-order valence-corrected chi connectivity index (χ2v) is 6.43. The van der Waals surface area contributed by atoms with Gasteiger partial charge in [-0.25, -0.2) is 4.79 Å². The van der Waals surface area contributed by atoms with Crippen molar-refractivity contribution in [3.63, 3.8) is 0 Å². The Morgan fingerprint density at radius 2 is 1.31 bits per heavy atom. The van der Waals surface area contributed by atoms with Crippen LogP contribution in [0, 0.1) is 0 Å². The molecule has 0 fully saturated rings. The fraction of sp³-hybridized carbons (Fsp3) is 0.167. The molecule has 0 aromatic heterocycles. The number of hydrogen-bond acceptors (Lipinski definition) is 5. The molecule has 3 aromatic rings. The Balaban J connectivity index is 1.54. The summed E-state index contributed by atoms with van der Waals surface area (Å²) in [6, 6.07) is 22.1. The lowest BCUT2D eigenvalue weighted by atomic mass is 10.0. The number of benzene rings is 3. The Morgan fingerprint density at radius 1 is 0.759 bits per heavy atom. The molecule has 3 rings (SSSR count). The van der Waals surface area contributed by atoms with Crippen molar-refractivity contribution in [2.75, 3.05) is 13.7 Å². The SMILES string of the molecule is COc1ccc(CCOC(=O)c2ccc(-c3ccc(OC(C)=O)cc3)cc2)cc1. The zero-order valence-electron chi connectivity index (χ0n) is 16.4. The van der Waals surface area contributed by atoms with Gasteiger partial charge in [-0.3, -0.25) is 4.79 Å². The largest absolute Gasteiger partial charge is 0.497 e. The van der Waals surface area contributed by atoms with Gasteiger partial charge in [0.05, 0.1) is 19.3 Å². The molecule has 5 heteroatoms. The van der Waals surface area contributed by atoms with Crippen molar-refractivity contribution >= 4 is 11.9 Å². The first kappa shape index (κ1) is 20.1. The van der Waals surface area contributed by atoms with E-state index >= 15 is 0 Å². The molecule has 0 atom stereocenters. The van der Waals surface area contributed by atoms with Crippen molar-refractivity contribution in [3.05, 3.63) is 83.9 Å². The van der Waals surface area contributed by atoms with Crippen molar-refractivity contribution in [3.8, 4) is 22.6 Å². The summed E-state index contributed by atoms with van der Waals surface area (Å²) in [5.74, 6) is 0.591. The maximum atomic E-state index is 12.2. The highest BCUT2D eigenvalue weighted by atomic mass is 16.5. The normalized spacial score (nSPS) is 10.3. The second-order valence-electron chi connectivity index (χ2n) is 6.43. The van der Waals surface area contributed by atoms with E-state index in [9.17, 15) is 9.59 Å². The van der Waals surface area contributed by atoms with E-state index in [1.54, 1.807) is 31.4 Å². The number of ether oxygens (including phenoxy) is 3. The fourth-order valence-electron chi connectivity index (χ4n) is 2.82. The summed E-state index contributed by atoms with van der Waals surface area (Å²) < 4.78 is 15.5. The van der Waals surface area contributed by atoms with Crippen molar-refractivity contribution in [2.45, 2.75) is 13.3 Å². The van der Waals surface area contributed by atoms with E-state index in [4.69, 9.17) is 14.2 Å². The first-order valence-corrected chi connectivity index (χ1v) is 9.24. The molecule has 3 aromatic carbocycles. The van der Waals surface area contributed by atoms with E-state index in [0.717, 1.165) is 22.4 Å². The topological polar surface area (TPSA) is 61.8 Å². The van der Waals surface area contributed by atoms with Gasteiger partial charge in [-0.05, 0) is 53.1 Å². The Kier molecular flexibility index (Phi) is 6.63. The maximum absolute atomic E-state index is 12.2. The van der Waals surface area contributed by atoms with E-state index in [1.807, 2.05) is 48.5 Å². The van der Waals surface area contributed by atoms with E-state index < -0.39 is 0 Å². The number of hydrogen-bond donors (Lipinski definition) is 0. The average molecular weight is 390 g/mol. The minimum atomic E-state index is -0.354. The molecular weight excluding hydrogens is 368 g/mol. The highest BCUT2D eigenvalue weighted by Crippen LogP contribution is 2.23. The number of carbonyl (C=O) groups excluding carboxylic acids is 2. The summed E-state index contributed by atoms with van der Waals surface area (Å²) in [5.41, 5.74) is 3.49.